The van der Waals surface area contributed by atoms with Crippen molar-refractivity contribution in [1.82, 2.24) is 9.97 Å². The average molecular weight is 215 g/mol. The van der Waals surface area contributed by atoms with Crippen molar-refractivity contribution >= 4 is 17.5 Å². The molecule has 0 saturated heterocycles. The normalized spacial score (nSPS) is 15.6. The molecule has 1 aromatic rings. The zero-order valence-electron chi connectivity index (χ0n) is 8.60. The molecule has 0 bridgehead atoms. The summed E-state index contributed by atoms with van der Waals surface area (Å²) in [4.78, 5) is 30.7. The monoisotopic (exact) mass is 215 g/mol. The third kappa shape index (κ3) is 2.03. The largest absolute Gasteiger partial charge is 0.321 e. The highest BCUT2D eigenvalue weighted by molar-refractivity contribution is 6.20. The molecule has 0 radical (unpaired) electrons. The standard InChI is InChI=1S/C11H9N3O2/c1-7-5-8(15)6-9(10(7)16)14-11-12-3-2-4-13-11/h2-6H,1H3,(H,12,13,14). The molecule has 0 fully saturated rings. The summed E-state index contributed by atoms with van der Waals surface area (Å²) in [7, 11) is 0. The van der Waals surface area contributed by atoms with Gasteiger partial charge in [0, 0.05) is 24.0 Å². The molecule has 80 valence electrons. The maximum absolute atomic E-state index is 11.7. The molecule has 0 aliphatic heterocycles. The molecule has 0 amide bonds. The van der Waals surface area contributed by atoms with Crippen LogP contribution in [0.5, 0.6) is 0 Å². The number of allylic oxidation sites excluding steroid dienone is 3. The van der Waals surface area contributed by atoms with Crippen molar-refractivity contribution in [3.63, 3.8) is 0 Å². The van der Waals surface area contributed by atoms with Crippen LogP contribution in [0.1, 0.15) is 6.92 Å². The third-order valence-corrected chi connectivity index (χ3v) is 2.06. The lowest BCUT2D eigenvalue weighted by Crippen LogP contribution is -2.19. The Morgan fingerprint density at radius 1 is 1.12 bits per heavy atom. The molecule has 0 saturated carbocycles. The summed E-state index contributed by atoms with van der Waals surface area (Å²) < 4.78 is 0. The first kappa shape index (κ1) is 10.2. The van der Waals surface area contributed by atoms with E-state index in [2.05, 4.69) is 15.3 Å². The topological polar surface area (TPSA) is 72.0 Å². The van der Waals surface area contributed by atoms with E-state index >= 15 is 0 Å². The second-order valence-corrected chi connectivity index (χ2v) is 3.31. The summed E-state index contributed by atoms with van der Waals surface area (Å²) in [6.07, 6.45) is 5.65. The van der Waals surface area contributed by atoms with Crippen molar-refractivity contribution in [2.24, 2.45) is 0 Å². The minimum atomic E-state index is -0.216. The van der Waals surface area contributed by atoms with E-state index in [4.69, 9.17) is 0 Å². The Morgan fingerprint density at radius 2 is 1.81 bits per heavy atom. The molecule has 5 nitrogen and oxygen atoms in total. The van der Waals surface area contributed by atoms with Gasteiger partial charge in [-0.25, -0.2) is 9.97 Å². The molecule has 0 atom stereocenters. The average Bonchev–Trinajstić information content (AvgIpc) is 2.27. The first-order chi connectivity index (χ1) is 7.66. The van der Waals surface area contributed by atoms with E-state index in [9.17, 15) is 9.59 Å². The number of anilines is 1. The van der Waals surface area contributed by atoms with Gasteiger partial charge in [0.25, 0.3) is 0 Å². The number of Topliss-reactive ketones (excluding diaryl/α,β-unsaturated/α-hetero) is 1. The van der Waals surface area contributed by atoms with Crippen LogP contribution in [0, 0.1) is 0 Å². The van der Waals surface area contributed by atoms with Gasteiger partial charge in [0.1, 0.15) is 0 Å². The fraction of sp³-hybridized carbons (Fsp3) is 0.0909. The van der Waals surface area contributed by atoms with Gasteiger partial charge < -0.3 is 5.32 Å². The van der Waals surface area contributed by atoms with Crippen LogP contribution in [0.4, 0.5) is 5.95 Å². The summed E-state index contributed by atoms with van der Waals surface area (Å²) in [6.45, 7) is 1.60. The van der Waals surface area contributed by atoms with Crippen molar-refractivity contribution in [2.75, 3.05) is 5.32 Å². The van der Waals surface area contributed by atoms with Gasteiger partial charge in [-0.2, -0.15) is 0 Å². The van der Waals surface area contributed by atoms with Gasteiger partial charge in [0.05, 0.1) is 5.70 Å². The first-order valence-corrected chi connectivity index (χ1v) is 4.69. The van der Waals surface area contributed by atoms with Gasteiger partial charge in [-0.05, 0) is 19.1 Å². The second-order valence-electron chi connectivity index (χ2n) is 3.31. The van der Waals surface area contributed by atoms with Crippen LogP contribution in [0.25, 0.3) is 0 Å². The predicted octanol–water partition coefficient (Wildman–Crippen LogP) is 0.870. The molecule has 16 heavy (non-hydrogen) atoms. The Balaban J connectivity index is 2.23. The fourth-order valence-electron chi connectivity index (χ4n) is 1.32. The molecule has 5 heteroatoms. The van der Waals surface area contributed by atoms with E-state index in [-0.39, 0.29) is 17.3 Å². The van der Waals surface area contributed by atoms with Crippen LogP contribution in [0.15, 0.2) is 41.9 Å². The highest BCUT2D eigenvalue weighted by Crippen LogP contribution is 2.13. The number of hydrogen-bond acceptors (Lipinski definition) is 5. The van der Waals surface area contributed by atoms with Crippen LogP contribution in [0.3, 0.4) is 0 Å². The molecule has 0 spiro atoms. The van der Waals surface area contributed by atoms with Crippen LogP contribution in [0.2, 0.25) is 0 Å². The molecule has 1 aliphatic rings. The highest BCUT2D eigenvalue weighted by Gasteiger charge is 2.18. The molecule has 0 unspecified atom stereocenters. The number of aromatic nitrogens is 2. The van der Waals surface area contributed by atoms with Crippen molar-refractivity contribution in [3.8, 4) is 0 Å². The quantitative estimate of drug-likeness (QED) is 0.741. The number of nitrogens with one attached hydrogen (secondary N) is 1. The zero-order chi connectivity index (χ0) is 11.5. The Morgan fingerprint density at radius 3 is 2.50 bits per heavy atom. The summed E-state index contributed by atoms with van der Waals surface area (Å²) in [6, 6.07) is 1.67. The smallest absolute Gasteiger partial charge is 0.227 e. The summed E-state index contributed by atoms with van der Waals surface area (Å²) in [5, 5.41) is 2.72. The summed E-state index contributed by atoms with van der Waals surface area (Å²) in [5.74, 6) is -0.132. The van der Waals surface area contributed by atoms with E-state index in [1.165, 1.54) is 12.2 Å². The maximum atomic E-state index is 11.7. The van der Waals surface area contributed by atoms with Crippen LogP contribution < -0.4 is 5.32 Å². The molecule has 1 heterocycles. The second kappa shape index (κ2) is 4.06. The van der Waals surface area contributed by atoms with Crippen LogP contribution in [-0.2, 0) is 9.59 Å². The van der Waals surface area contributed by atoms with Gasteiger partial charge in [-0.15, -0.1) is 0 Å². The van der Waals surface area contributed by atoms with E-state index in [1.807, 2.05) is 0 Å². The van der Waals surface area contributed by atoms with Gasteiger partial charge in [-0.3, -0.25) is 9.59 Å². The van der Waals surface area contributed by atoms with Gasteiger partial charge >= 0.3 is 0 Å². The number of nitrogens with zero attached hydrogens (tertiary/aromatic N) is 2. The van der Waals surface area contributed by atoms with Crippen LogP contribution >= 0.6 is 0 Å². The molecule has 1 aromatic heterocycles. The molecule has 0 aromatic carbocycles. The number of carbonyl (C=O) groups is 2. The summed E-state index contributed by atoms with van der Waals surface area (Å²) in [5.41, 5.74) is 0.613. The first-order valence-electron chi connectivity index (χ1n) is 4.69. The third-order valence-electron chi connectivity index (χ3n) is 2.06. The van der Waals surface area contributed by atoms with E-state index in [1.54, 1.807) is 25.4 Å². The van der Waals surface area contributed by atoms with Crippen LogP contribution in [-0.4, -0.2) is 21.5 Å². The SMILES string of the molecule is CC1=CC(=O)C=C(Nc2ncccn2)C1=O. The van der Waals surface area contributed by atoms with E-state index in [0.29, 0.717) is 11.5 Å². The lowest BCUT2D eigenvalue weighted by Gasteiger charge is -2.11. The number of rotatable bonds is 2. The van der Waals surface area contributed by atoms with E-state index < -0.39 is 0 Å². The lowest BCUT2D eigenvalue weighted by molar-refractivity contribution is -0.115. The minimum Gasteiger partial charge on any atom is -0.321 e. The molecular formula is C11H9N3O2. The molecular weight excluding hydrogens is 206 g/mol. The van der Waals surface area contributed by atoms with Crippen molar-refractivity contribution in [2.45, 2.75) is 6.92 Å². The number of ketones is 2. The Labute approximate surface area is 91.9 Å². The van der Waals surface area contributed by atoms with Crippen molar-refractivity contribution < 1.29 is 9.59 Å². The summed E-state index contributed by atoms with van der Waals surface area (Å²) >= 11 is 0. The number of carbonyl (C=O) groups excluding carboxylic acids is 2. The van der Waals surface area contributed by atoms with Gasteiger partial charge in [0.2, 0.25) is 11.7 Å². The number of hydrogen-bond donors (Lipinski definition) is 1. The van der Waals surface area contributed by atoms with Gasteiger partial charge in [-0.1, -0.05) is 0 Å². The Hall–Kier alpha value is -2.30. The predicted molar refractivity (Wildman–Crippen MR) is 57.5 cm³/mol. The Kier molecular flexibility index (Phi) is 2.59. The van der Waals surface area contributed by atoms with Crippen molar-refractivity contribution in [3.05, 3.63) is 41.9 Å². The van der Waals surface area contributed by atoms with Crippen molar-refractivity contribution in [1.29, 1.82) is 0 Å². The van der Waals surface area contributed by atoms with E-state index in [0.717, 1.165) is 0 Å². The fourth-order valence-corrected chi connectivity index (χ4v) is 1.32. The maximum Gasteiger partial charge on any atom is 0.227 e. The van der Waals surface area contributed by atoms with Gasteiger partial charge in [0.15, 0.2) is 5.78 Å². The minimum absolute atomic E-state index is 0.205. The Bertz CT molecular complexity index is 503. The highest BCUT2D eigenvalue weighted by atomic mass is 16.1. The molecule has 1 N–H and O–H groups in total. The zero-order valence-corrected chi connectivity index (χ0v) is 8.60. The molecule has 1 aliphatic carbocycles. The lowest BCUT2D eigenvalue weighted by atomic mass is 10.0. The molecule has 2 rings (SSSR count).